The fourth-order valence-corrected chi connectivity index (χ4v) is 3.15. The molecule has 2 aromatic rings. The first-order valence-electron chi connectivity index (χ1n) is 7.42. The minimum absolute atomic E-state index is 0.1000. The van der Waals surface area contributed by atoms with Gasteiger partial charge in [-0.05, 0) is 18.1 Å². The van der Waals surface area contributed by atoms with Crippen molar-refractivity contribution in [2.24, 2.45) is 0 Å². The van der Waals surface area contributed by atoms with Crippen molar-refractivity contribution < 1.29 is 27.1 Å². The van der Waals surface area contributed by atoms with E-state index >= 15 is 0 Å². The minimum Gasteiger partial charge on any atom is -0.465 e. The zero-order valence-corrected chi connectivity index (χ0v) is 13.0. The second-order valence-electron chi connectivity index (χ2n) is 5.58. The van der Waals surface area contributed by atoms with Crippen LogP contribution >= 0.6 is 0 Å². The van der Waals surface area contributed by atoms with Crippen LogP contribution in [0.3, 0.4) is 0 Å². The molecule has 3 nitrogen and oxygen atoms in total. The van der Waals surface area contributed by atoms with Gasteiger partial charge in [-0.3, -0.25) is 0 Å². The molecule has 0 amide bonds. The first-order chi connectivity index (χ1) is 11.9. The summed E-state index contributed by atoms with van der Waals surface area (Å²) >= 11 is 0. The lowest BCUT2D eigenvalue weighted by atomic mass is 9.68. The van der Waals surface area contributed by atoms with Crippen molar-refractivity contribution in [3.63, 3.8) is 0 Å². The maximum Gasteiger partial charge on any atom is 0.331 e. The van der Waals surface area contributed by atoms with E-state index in [0.717, 1.165) is 0 Å². The maximum atomic E-state index is 14.6. The Morgan fingerprint density at radius 3 is 2.44 bits per heavy atom. The molecule has 2 aromatic carbocycles. The number of nitrogens with zero attached hydrogens (tertiary/aromatic N) is 1. The summed E-state index contributed by atoms with van der Waals surface area (Å²) in [5, 5.41) is 9.63. The van der Waals surface area contributed by atoms with Crippen LogP contribution in [0.5, 0.6) is 0 Å². The number of rotatable bonds is 2. The van der Waals surface area contributed by atoms with E-state index in [2.05, 4.69) is 0 Å². The third-order valence-electron chi connectivity index (χ3n) is 4.25. The van der Waals surface area contributed by atoms with Crippen LogP contribution in [0.1, 0.15) is 18.1 Å². The van der Waals surface area contributed by atoms with Gasteiger partial charge in [0, 0.05) is 17.5 Å². The van der Waals surface area contributed by atoms with Gasteiger partial charge in [-0.15, -0.1) is 0 Å². The molecule has 0 heterocycles. The average Bonchev–Trinajstić information content (AvgIpc) is 2.63. The number of hydrogen-bond acceptors (Lipinski definition) is 3. The molecule has 0 N–H and O–H groups in total. The molecular formula is C18H11F4NO2. The van der Waals surface area contributed by atoms with Crippen molar-refractivity contribution in [2.75, 3.05) is 6.61 Å². The minimum atomic E-state index is -2.31. The average molecular weight is 349 g/mol. The number of benzene rings is 2. The van der Waals surface area contributed by atoms with Crippen LogP contribution in [0, 0.1) is 34.6 Å². The Morgan fingerprint density at radius 2 is 1.80 bits per heavy atom. The van der Waals surface area contributed by atoms with E-state index in [4.69, 9.17) is 4.74 Å². The van der Waals surface area contributed by atoms with E-state index in [1.54, 1.807) is 12.1 Å². The molecule has 25 heavy (non-hydrogen) atoms. The number of fused-ring (bicyclic) bond motifs is 3. The largest absolute Gasteiger partial charge is 0.465 e. The lowest BCUT2D eigenvalue weighted by Gasteiger charge is -2.33. The molecule has 0 saturated carbocycles. The van der Waals surface area contributed by atoms with Gasteiger partial charge in [-0.2, -0.15) is 5.26 Å². The summed E-state index contributed by atoms with van der Waals surface area (Å²) in [6.07, 6.45) is -0.340. The predicted octanol–water partition coefficient (Wildman–Crippen LogP) is 3.79. The van der Waals surface area contributed by atoms with Crippen molar-refractivity contribution >= 4 is 5.97 Å². The highest BCUT2D eigenvalue weighted by Gasteiger charge is 2.51. The first kappa shape index (κ1) is 17.0. The van der Waals surface area contributed by atoms with Crippen LogP contribution in [-0.2, 0) is 21.4 Å². The van der Waals surface area contributed by atoms with Crippen LogP contribution in [0.25, 0.3) is 11.1 Å². The number of carbonyl (C=O) groups excluding carboxylic acids is 1. The smallest absolute Gasteiger partial charge is 0.331 e. The molecule has 1 aliphatic carbocycles. The van der Waals surface area contributed by atoms with Gasteiger partial charge in [-0.25, -0.2) is 22.4 Å². The summed E-state index contributed by atoms with van der Waals surface area (Å²) in [5.41, 5.74) is -3.34. The molecule has 0 aliphatic heterocycles. The van der Waals surface area contributed by atoms with E-state index in [-0.39, 0.29) is 18.6 Å². The lowest BCUT2D eigenvalue weighted by molar-refractivity contribution is -0.148. The molecule has 0 saturated heterocycles. The fourth-order valence-electron chi connectivity index (χ4n) is 3.15. The van der Waals surface area contributed by atoms with E-state index in [1.807, 2.05) is 0 Å². The molecule has 0 bridgehead atoms. The second kappa shape index (κ2) is 5.88. The molecule has 0 fully saturated rings. The van der Waals surface area contributed by atoms with Gasteiger partial charge in [0.15, 0.2) is 28.7 Å². The van der Waals surface area contributed by atoms with Crippen molar-refractivity contribution in [1.82, 2.24) is 0 Å². The van der Waals surface area contributed by atoms with E-state index < -0.39 is 45.8 Å². The Morgan fingerprint density at radius 1 is 1.16 bits per heavy atom. The Hall–Kier alpha value is -2.88. The third-order valence-corrected chi connectivity index (χ3v) is 4.25. The van der Waals surface area contributed by atoms with Crippen LogP contribution < -0.4 is 0 Å². The summed E-state index contributed by atoms with van der Waals surface area (Å²) in [7, 11) is 0. The van der Waals surface area contributed by atoms with E-state index in [0.29, 0.717) is 5.56 Å². The molecular weight excluding hydrogens is 338 g/mol. The Balaban J connectivity index is 2.48. The third kappa shape index (κ3) is 2.21. The zero-order valence-electron chi connectivity index (χ0n) is 13.0. The monoisotopic (exact) mass is 349 g/mol. The van der Waals surface area contributed by atoms with Crippen molar-refractivity contribution in [2.45, 2.75) is 18.8 Å². The zero-order chi connectivity index (χ0) is 18.4. The highest BCUT2D eigenvalue weighted by molar-refractivity contribution is 5.93. The SMILES string of the molecule is CCOC(=O)C1(C#N)Cc2ccccc2-c2c(F)c(F)c(F)c(F)c21. The highest BCUT2D eigenvalue weighted by atomic mass is 19.2. The molecule has 1 atom stereocenters. The van der Waals surface area contributed by atoms with Gasteiger partial charge in [-0.1, -0.05) is 24.3 Å². The standard InChI is InChI=1S/C18H11F4NO2/c1-2-25-17(24)18(8-23)7-9-5-3-4-6-10(9)11-12(18)14(20)16(22)15(21)13(11)19/h3-6H,2,7H2,1H3. The van der Waals surface area contributed by atoms with Gasteiger partial charge in [0.05, 0.1) is 12.7 Å². The van der Waals surface area contributed by atoms with Crippen molar-refractivity contribution in [3.05, 3.63) is 58.7 Å². The van der Waals surface area contributed by atoms with Crippen molar-refractivity contribution in [3.8, 4) is 17.2 Å². The molecule has 0 spiro atoms. The van der Waals surface area contributed by atoms with Crippen LogP contribution in [0.4, 0.5) is 17.6 Å². The summed E-state index contributed by atoms with van der Waals surface area (Å²) in [4.78, 5) is 12.4. The van der Waals surface area contributed by atoms with Gasteiger partial charge in [0.2, 0.25) is 0 Å². The summed E-state index contributed by atoms with van der Waals surface area (Å²) in [6.45, 7) is 1.36. The van der Waals surface area contributed by atoms with Gasteiger partial charge < -0.3 is 4.74 Å². The maximum absolute atomic E-state index is 14.6. The topological polar surface area (TPSA) is 50.1 Å². The van der Waals surface area contributed by atoms with Crippen LogP contribution in [0.2, 0.25) is 0 Å². The first-order valence-corrected chi connectivity index (χ1v) is 7.42. The Bertz CT molecular complexity index is 936. The number of nitriles is 1. The number of halogens is 4. The van der Waals surface area contributed by atoms with E-state index in [9.17, 15) is 27.6 Å². The lowest BCUT2D eigenvalue weighted by Crippen LogP contribution is -2.42. The van der Waals surface area contributed by atoms with Gasteiger partial charge in [0.25, 0.3) is 0 Å². The summed E-state index contributed by atoms with van der Waals surface area (Å²) < 4.78 is 61.5. The summed E-state index contributed by atoms with van der Waals surface area (Å²) in [6, 6.07) is 7.61. The fraction of sp³-hybridized carbons (Fsp3) is 0.222. The molecule has 1 unspecified atom stereocenters. The van der Waals surface area contributed by atoms with Crippen LogP contribution in [0.15, 0.2) is 24.3 Å². The van der Waals surface area contributed by atoms with Gasteiger partial charge in [0.1, 0.15) is 0 Å². The molecule has 7 heteroatoms. The van der Waals surface area contributed by atoms with E-state index in [1.165, 1.54) is 25.1 Å². The normalized spacial score (nSPS) is 18.1. The Kier molecular flexibility index (Phi) is 3.99. The second-order valence-corrected chi connectivity index (χ2v) is 5.58. The molecule has 128 valence electrons. The summed E-state index contributed by atoms with van der Waals surface area (Å²) in [5.74, 6) is -8.62. The van der Waals surface area contributed by atoms with Crippen molar-refractivity contribution in [1.29, 1.82) is 5.26 Å². The highest BCUT2D eigenvalue weighted by Crippen LogP contribution is 2.47. The number of esters is 1. The quantitative estimate of drug-likeness (QED) is 0.359. The number of hydrogen-bond donors (Lipinski definition) is 0. The number of ether oxygens (including phenoxy) is 1. The van der Waals surface area contributed by atoms with Crippen LogP contribution in [-0.4, -0.2) is 12.6 Å². The Labute approximate surface area is 140 Å². The predicted molar refractivity (Wildman–Crippen MR) is 79.3 cm³/mol. The molecule has 0 aromatic heterocycles. The molecule has 1 aliphatic rings. The number of carbonyl (C=O) groups is 1. The molecule has 3 rings (SSSR count). The molecule has 0 radical (unpaired) electrons. The van der Waals surface area contributed by atoms with Gasteiger partial charge >= 0.3 is 5.97 Å².